The number of hydrogen-bond acceptors (Lipinski definition) is 5. The third-order valence-electron chi connectivity index (χ3n) is 2.91. The highest BCUT2D eigenvalue weighted by atomic mass is 32.2. The second kappa shape index (κ2) is 6.90. The second-order valence-corrected chi connectivity index (χ2v) is 4.91. The first-order chi connectivity index (χ1) is 9.58. The molecule has 7 heteroatoms. The maximum atomic E-state index is 12.3. The summed E-state index contributed by atoms with van der Waals surface area (Å²) in [5.74, 6) is 0.114. The number of benzene rings is 1. The highest BCUT2D eigenvalue weighted by Gasteiger charge is 2.16. The number of aromatic nitrogens is 3. The van der Waals surface area contributed by atoms with Crippen molar-refractivity contribution >= 4 is 23.6 Å². The number of amides is 1. The normalized spacial score (nSPS) is 9.62. The molecule has 0 aliphatic carbocycles. The quantitative estimate of drug-likeness (QED) is 0.881. The number of aryl methyl sites for hydroxylation is 1. The summed E-state index contributed by atoms with van der Waals surface area (Å²) in [6, 6.07) is 5.44. The average molecular weight is 303 g/mol. The van der Waals surface area contributed by atoms with Crippen molar-refractivity contribution in [2.24, 2.45) is 7.05 Å². The Bertz CT molecular complexity index is 702. The van der Waals surface area contributed by atoms with Crippen molar-refractivity contribution in [2.45, 2.75) is 19.2 Å². The zero-order valence-electron chi connectivity index (χ0n) is 11.3. The van der Waals surface area contributed by atoms with Gasteiger partial charge in [0.25, 0.3) is 5.91 Å². The van der Waals surface area contributed by atoms with Crippen LogP contribution in [0.3, 0.4) is 0 Å². The lowest BCUT2D eigenvalue weighted by molar-refractivity contribution is 0.102. The van der Waals surface area contributed by atoms with E-state index in [2.05, 4.69) is 21.5 Å². The maximum absolute atomic E-state index is 12.3. The van der Waals surface area contributed by atoms with Gasteiger partial charge in [-0.15, -0.1) is 11.8 Å². The molecule has 1 aromatic carbocycles. The van der Waals surface area contributed by atoms with E-state index in [-0.39, 0.29) is 13.3 Å². The van der Waals surface area contributed by atoms with Crippen molar-refractivity contribution in [3.05, 3.63) is 35.2 Å². The molecule has 0 radical (unpaired) electrons. The number of carbonyl (C=O) groups is 1. The Morgan fingerprint density at radius 3 is 2.71 bits per heavy atom. The third-order valence-corrected chi connectivity index (χ3v) is 3.85. The van der Waals surface area contributed by atoms with Crippen molar-refractivity contribution < 1.29 is 4.79 Å². The largest absolute Gasteiger partial charge is 0.291 e. The molecule has 2 rings (SSSR count). The van der Waals surface area contributed by atoms with Crippen molar-refractivity contribution in [1.82, 2.24) is 14.8 Å². The minimum absolute atomic E-state index is 0. The molecule has 0 aliphatic rings. The summed E-state index contributed by atoms with van der Waals surface area (Å²) in [5.41, 5.74) is 1.89. The molecule has 21 heavy (non-hydrogen) atoms. The topological polar surface area (TPSA) is 83.6 Å². The molecule has 0 aliphatic heterocycles. The van der Waals surface area contributed by atoms with Crippen LogP contribution in [-0.4, -0.2) is 26.9 Å². The number of hydrogen-bond donors (Lipinski definition) is 1. The molecule has 6 nitrogen and oxygen atoms in total. The molecular weight excluding hydrogens is 286 g/mol. The Hall–Kier alpha value is -2.33. The van der Waals surface area contributed by atoms with E-state index in [1.54, 1.807) is 19.2 Å². The maximum Gasteiger partial charge on any atom is 0.258 e. The molecule has 0 atom stereocenters. The Kier molecular flexibility index (Phi) is 5.50. The van der Waals surface area contributed by atoms with Gasteiger partial charge >= 0.3 is 0 Å². The van der Waals surface area contributed by atoms with Gasteiger partial charge in [-0.25, -0.2) is 4.68 Å². The summed E-state index contributed by atoms with van der Waals surface area (Å²) in [6.45, 7) is 1.83. The molecule has 0 bridgehead atoms. The van der Waals surface area contributed by atoms with Crippen molar-refractivity contribution in [3.63, 3.8) is 0 Å². The lowest BCUT2D eigenvalue weighted by atomic mass is 10.0. The molecule has 0 fully saturated rings. The lowest BCUT2D eigenvalue weighted by Crippen LogP contribution is -2.17. The lowest BCUT2D eigenvalue weighted by Gasteiger charge is -2.11. The first-order valence-electron chi connectivity index (χ1n) is 5.81. The molecule has 0 saturated heterocycles. The van der Waals surface area contributed by atoms with Gasteiger partial charge in [0.2, 0.25) is 5.95 Å². The zero-order chi connectivity index (χ0) is 14.7. The SMILES string of the molecule is C.CSc1c(C#N)ccc(C(=O)Nc2ncnn2C)c1C. The minimum atomic E-state index is -0.265. The molecule has 1 amide bonds. The number of nitrogens with one attached hydrogen (secondary N) is 1. The van der Waals surface area contributed by atoms with Gasteiger partial charge in [0.05, 0.1) is 5.56 Å². The van der Waals surface area contributed by atoms with Crippen LogP contribution in [-0.2, 0) is 7.05 Å². The van der Waals surface area contributed by atoms with Gasteiger partial charge < -0.3 is 0 Å². The molecular formula is C14H17N5OS. The summed E-state index contributed by atoms with van der Waals surface area (Å²) in [6.07, 6.45) is 3.25. The highest BCUT2D eigenvalue weighted by Crippen LogP contribution is 2.27. The summed E-state index contributed by atoms with van der Waals surface area (Å²) in [7, 11) is 1.70. The van der Waals surface area contributed by atoms with Gasteiger partial charge in [-0.1, -0.05) is 7.43 Å². The van der Waals surface area contributed by atoms with Crippen LogP contribution in [0, 0.1) is 18.3 Å². The van der Waals surface area contributed by atoms with Crippen molar-refractivity contribution in [1.29, 1.82) is 5.26 Å². The Balaban J connectivity index is 0.00000220. The minimum Gasteiger partial charge on any atom is -0.291 e. The van der Waals surface area contributed by atoms with Gasteiger partial charge in [-0.2, -0.15) is 15.3 Å². The van der Waals surface area contributed by atoms with Crippen LogP contribution in [0.15, 0.2) is 23.4 Å². The van der Waals surface area contributed by atoms with E-state index in [0.717, 1.165) is 10.5 Å². The summed E-state index contributed by atoms with van der Waals surface area (Å²) in [5, 5.41) is 15.6. The first-order valence-corrected chi connectivity index (χ1v) is 7.04. The van der Waals surface area contributed by atoms with Gasteiger partial charge in [-0.3, -0.25) is 10.1 Å². The fourth-order valence-corrected chi connectivity index (χ4v) is 2.62. The van der Waals surface area contributed by atoms with Crippen LogP contribution in [0.5, 0.6) is 0 Å². The predicted molar refractivity (Wildman–Crippen MR) is 83.4 cm³/mol. The van der Waals surface area contributed by atoms with Crippen LogP contribution in [0.1, 0.15) is 28.9 Å². The van der Waals surface area contributed by atoms with E-state index in [1.807, 2.05) is 13.2 Å². The standard InChI is InChI=1S/C13H13N5OS.CH4/c1-8-10(5-4-9(6-14)11(8)20-3)12(19)17-13-15-7-16-18(13)2;/h4-5,7H,1-3H3,(H,15,16,17,19);1H4. The van der Waals surface area contributed by atoms with Crippen LogP contribution in [0.25, 0.3) is 0 Å². The summed E-state index contributed by atoms with van der Waals surface area (Å²) >= 11 is 1.45. The van der Waals surface area contributed by atoms with Crippen molar-refractivity contribution in [3.8, 4) is 6.07 Å². The Labute approximate surface area is 128 Å². The van der Waals surface area contributed by atoms with Gasteiger partial charge in [0.15, 0.2) is 0 Å². The van der Waals surface area contributed by atoms with E-state index in [9.17, 15) is 4.79 Å². The van der Waals surface area contributed by atoms with E-state index in [1.165, 1.54) is 22.8 Å². The van der Waals surface area contributed by atoms with Crippen LogP contribution >= 0.6 is 11.8 Å². The Morgan fingerprint density at radius 1 is 1.48 bits per heavy atom. The van der Waals surface area contributed by atoms with Crippen LogP contribution in [0.4, 0.5) is 5.95 Å². The van der Waals surface area contributed by atoms with Crippen molar-refractivity contribution in [2.75, 3.05) is 11.6 Å². The van der Waals surface area contributed by atoms with Gasteiger partial charge in [-0.05, 0) is 30.9 Å². The van der Waals surface area contributed by atoms with E-state index in [4.69, 9.17) is 5.26 Å². The molecule has 2 aromatic rings. The number of rotatable bonds is 3. The number of nitrogens with zero attached hydrogens (tertiary/aromatic N) is 4. The fourth-order valence-electron chi connectivity index (χ4n) is 1.87. The van der Waals surface area contributed by atoms with Crippen LogP contribution in [0.2, 0.25) is 0 Å². The predicted octanol–water partition coefficient (Wildman–Crippen LogP) is 2.61. The Morgan fingerprint density at radius 2 is 2.19 bits per heavy atom. The van der Waals surface area contributed by atoms with Gasteiger partial charge in [0, 0.05) is 17.5 Å². The van der Waals surface area contributed by atoms with Gasteiger partial charge in [0.1, 0.15) is 12.4 Å². The second-order valence-electron chi connectivity index (χ2n) is 4.09. The fraction of sp³-hybridized carbons (Fsp3) is 0.286. The first kappa shape index (κ1) is 16.7. The average Bonchev–Trinajstić information content (AvgIpc) is 2.83. The van der Waals surface area contributed by atoms with E-state index >= 15 is 0 Å². The number of thioether (sulfide) groups is 1. The summed E-state index contributed by atoms with van der Waals surface area (Å²) in [4.78, 5) is 17.0. The summed E-state index contributed by atoms with van der Waals surface area (Å²) < 4.78 is 1.48. The van der Waals surface area contributed by atoms with E-state index < -0.39 is 0 Å². The molecule has 1 heterocycles. The molecule has 110 valence electrons. The zero-order valence-corrected chi connectivity index (χ0v) is 12.2. The molecule has 0 saturated carbocycles. The molecule has 1 aromatic heterocycles. The monoisotopic (exact) mass is 303 g/mol. The number of carbonyl (C=O) groups excluding carboxylic acids is 1. The number of anilines is 1. The highest BCUT2D eigenvalue weighted by molar-refractivity contribution is 7.98. The smallest absolute Gasteiger partial charge is 0.258 e. The van der Waals surface area contributed by atoms with Crippen LogP contribution < -0.4 is 5.32 Å². The van der Waals surface area contributed by atoms with E-state index in [0.29, 0.717) is 17.1 Å². The number of nitriles is 1. The molecule has 0 unspecified atom stereocenters. The third kappa shape index (κ3) is 3.23. The molecule has 1 N–H and O–H groups in total. The molecule has 0 spiro atoms.